The van der Waals surface area contributed by atoms with E-state index < -0.39 is 5.76 Å². The van der Waals surface area contributed by atoms with Gasteiger partial charge in [-0.3, -0.25) is 0 Å². The average Bonchev–Trinajstić information content (AvgIpc) is 2.69. The maximum atomic E-state index is 12.5. The summed E-state index contributed by atoms with van der Waals surface area (Å²) in [6, 6.07) is 25.5. The predicted molar refractivity (Wildman–Crippen MR) is 117 cm³/mol. The van der Waals surface area contributed by atoms with E-state index in [1.165, 1.54) is 11.1 Å². The van der Waals surface area contributed by atoms with Crippen LogP contribution in [0.3, 0.4) is 0 Å². The first-order chi connectivity index (χ1) is 13.9. The number of hydrogen-bond donors (Lipinski definition) is 0. The van der Waals surface area contributed by atoms with Crippen LogP contribution in [0.15, 0.2) is 83.8 Å². The lowest BCUT2D eigenvalue weighted by Gasteiger charge is -2.25. The number of halogens is 2. The van der Waals surface area contributed by atoms with E-state index in [9.17, 15) is 8.78 Å². The molecule has 3 aromatic carbocycles. The standard InChI is InChI=1S/C25H26F2OS/c1-25(2,20-13-15-23(16-14-20)29-24(26)27)17-7-9-19-8-6-12-22(18-19)28-21-10-4-3-5-11-21/h3-6,8,10-16,18,24H,7,9,17H2,1-2H3. The minimum absolute atomic E-state index is 0.00776. The van der Waals surface area contributed by atoms with Crippen molar-refractivity contribution < 1.29 is 13.5 Å². The molecule has 3 rings (SSSR count). The normalized spacial score (nSPS) is 11.6. The van der Waals surface area contributed by atoms with Crippen LogP contribution in [0.5, 0.6) is 11.5 Å². The Bertz CT molecular complexity index is 892. The fourth-order valence-electron chi connectivity index (χ4n) is 3.36. The minimum Gasteiger partial charge on any atom is -0.457 e. The number of alkyl halides is 2. The molecule has 0 aromatic heterocycles. The smallest absolute Gasteiger partial charge is 0.288 e. The van der Waals surface area contributed by atoms with Gasteiger partial charge in [0.2, 0.25) is 0 Å². The number of thioether (sulfide) groups is 1. The van der Waals surface area contributed by atoms with Crippen molar-refractivity contribution in [3.05, 3.63) is 90.0 Å². The molecule has 4 heteroatoms. The van der Waals surface area contributed by atoms with Crippen molar-refractivity contribution in [2.24, 2.45) is 0 Å². The monoisotopic (exact) mass is 412 g/mol. The molecule has 0 radical (unpaired) electrons. The highest BCUT2D eigenvalue weighted by atomic mass is 32.2. The van der Waals surface area contributed by atoms with Gasteiger partial charge in [-0.25, -0.2) is 0 Å². The van der Waals surface area contributed by atoms with E-state index in [1.807, 2.05) is 54.6 Å². The molecule has 0 N–H and O–H groups in total. The predicted octanol–water partition coefficient (Wildman–Crippen LogP) is 8.09. The largest absolute Gasteiger partial charge is 0.457 e. The quantitative estimate of drug-likeness (QED) is 0.328. The Hall–Kier alpha value is -2.33. The van der Waals surface area contributed by atoms with E-state index in [0.29, 0.717) is 16.7 Å². The maximum Gasteiger partial charge on any atom is 0.288 e. The van der Waals surface area contributed by atoms with Crippen molar-refractivity contribution in [2.45, 2.75) is 49.2 Å². The zero-order valence-corrected chi connectivity index (χ0v) is 17.6. The highest BCUT2D eigenvalue weighted by Crippen LogP contribution is 2.32. The zero-order valence-electron chi connectivity index (χ0n) is 16.8. The molecule has 29 heavy (non-hydrogen) atoms. The van der Waals surface area contributed by atoms with Crippen LogP contribution in [0, 0.1) is 0 Å². The third-order valence-electron chi connectivity index (χ3n) is 5.01. The molecule has 0 atom stereocenters. The summed E-state index contributed by atoms with van der Waals surface area (Å²) >= 11 is 0.590. The first-order valence-electron chi connectivity index (χ1n) is 9.80. The van der Waals surface area contributed by atoms with Gasteiger partial charge in [0.15, 0.2) is 0 Å². The molecule has 3 aromatic rings. The molecule has 0 heterocycles. The number of aryl methyl sites for hydroxylation is 1. The zero-order chi connectivity index (χ0) is 20.7. The van der Waals surface area contributed by atoms with Crippen LogP contribution in [0.25, 0.3) is 0 Å². The Kier molecular flexibility index (Phi) is 7.32. The molecular formula is C25H26F2OS. The second-order valence-electron chi connectivity index (χ2n) is 7.70. The Labute approximate surface area is 176 Å². The topological polar surface area (TPSA) is 9.23 Å². The summed E-state index contributed by atoms with van der Waals surface area (Å²) in [4.78, 5) is 0.606. The summed E-state index contributed by atoms with van der Waals surface area (Å²) < 4.78 is 30.9. The molecule has 1 nitrogen and oxygen atoms in total. The van der Waals surface area contributed by atoms with E-state index in [0.717, 1.165) is 30.8 Å². The van der Waals surface area contributed by atoms with E-state index in [2.05, 4.69) is 26.0 Å². The van der Waals surface area contributed by atoms with Gasteiger partial charge in [-0.15, -0.1) is 0 Å². The first-order valence-corrected chi connectivity index (χ1v) is 10.7. The minimum atomic E-state index is -2.38. The summed E-state index contributed by atoms with van der Waals surface area (Å²) in [5.74, 6) is -0.699. The fourth-order valence-corrected chi connectivity index (χ4v) is 3.85. The van der Waals surface area contributed by atoms with Crippen LogP contribution >= 0.6 is 11.8 Å². The van der Waals surface area contributed by atoms with Gasteiger partial charge >= 0.3 is 0 Å². The highest BCUT2D eigenvalue weighted by Gasteiger charge is 2.20. The molecule has 0 bridgehead atoms. The SMILES string of the molecule is CC(C)(CCCc1cccc(Oc2ccccc2)c1)c1ccc(SC(F)F)cc1. The molecule has 0 aliphatic heterocycles. The fraction of sp³-hybridized carbons (Fsp3) is 0.280. The summed E-state index contributed by atoms with van der Waals surface area (Å²) in [5.41, 5.74) is 2.42. The van der Waals surface area contributed by atoms with Crippen molar-refractivity contribution >= 4 is 11.8 Å². The molecule has 0 saturated carbocycles. The van der Waals surface area contributed by atoms with Gasteiger partial charge in [-0.05, 0) is 72.2 Å². The van der Waals surface area contributed by atoms with Crippen molar-refractivity contribution in [2.75, 3.05) is 0 Å². The van der Waals surface area contributed by atoms with Gasteiger partial charge in [-0.1, -0.05) is 68.1 Å². The number of benzene rings is 3. The Morgan fingerprint density at radius 2 is 1.55 bits per heavy atom. The molecule has 0 fully saturated rings. The Balaban J connectivity index is 1.55. The number of hydrogen-bond acceptors (Lipinski definition) is 2. The van der Waals surface area contributed by atoms with Gasteiger partial charge in [0.1, 0.15) is 11.5 Å². The van der Waals surface area contributed by atoms with Gasteiger partial charge in [0.05, 0.1) is 0 Å². The molecule has 0 aliphatic carbocycles. The molecule has 0 aliphatic rings. The second-order valence-corrected chi connectivity index (χ2v) is 8.77. The van der Waals surface area contributed by atoms with E-state index >= 15 is 0 Å². The summed E-state index contributed by atoms with van der Waals surface area (Å²) in [6.45, 7) is 4.41. The van der Waals surface area contributed by atoms with Crippen molar-refractivity contribution in [1.29, 1.82) is 0 Å². The van der Waals surface area contributed by atoms with E-state index in [4.69, 9.17) is 4.74 Å². The van der Waals surface area contributed by atoms with Gasteiger partial charge in [0.25, 0.3) is 5.76 Å². The number of rotatable bonds is 9. The molecule has 152 valence electrons. The van der Waals surface area contributed by atoms with Crippen LogP contribution in [0.4, 0.5) is 8.78 Å². The van der Waals surface area contributed by atoms with Crippen LogP contribution in [-0.4, -0.2) is 5.76 Å². The maximum absolute atomic E-state index is 12.5. The molecule has 0 spiro atoms. The lowest BCUT2D eigenvalue weighted by atomic mass is 9.80. The molecule has 0 amide bonds. The van der Waals surface area contributed by atoms with Crippen LogP contribution in [-0.2, 0) is 11.8 Å². The van der Waals surface area contributed by atoms with Crippen LogP contribution < -0.4 is 4.74 Å². The summed E-state index contributed by atoms with van der Waals surface area (Å²) in [6.07, 6.45) is 3.02. The summed E-state index contributed by atoms with van der Waals surface area (Å²) in [7, 11) is 0. The van der Waals surface area contributed by atoms with Gasteiger partial charge < -0.3 is 4.74 Å². The third kappa shape index (κ3) is 6.60. The average molecular weight is 413 g/mol. The lowest BCUT2D eigenvalue weighted by molar-refractivity contribution is 0.252. The molecular weight excluding hydrogens is 386 g/mol. The number of ether oxygens (including phenoxy) is 1. The number of para-hydroxylation sites is 1. The van der Waals surface area contributed by atoms with Crippen LogP contribution in [0.1, 0.15) is 37.8 Å². The highest BCUT2D eigenvalue weighted by molar-refractivity contribution is 7.99. The molecule has 0 unspecified atom stereocenters. The van der Waals surface area contributed by atoms with E-state index in [-0.39, 0.29) is 5.41 Å². The molecule has 0 saturated heterocycles. The summed E-state index contributed by atoms with van der Waals surface area (Å²) in [5, 5.41) is 0. The lowest BCUT2D eigenvalue weighted by Crippen LogP contribution is -2.17. The van der Waals surface area contributed by atoms with E-state index in [1.54, 1.807) is 12.1 Å². The Morgan fingerprint density at radius 1 is 0.862 bits per heavy atom. The van der Waals surface area contributed by atoms with Crippen LogP contribution in [0.2, 0.25) is 0 Å². The second kappa shape index (κ2) is 9.93. The van der Waals surface area contributed by atoms with Gasteiger partial charge in [-0.2, -0.15) is 8.78 Å². The third-order valence-corrected chi connectivity index (χ3v) is 5.73. The Morgan fingerprint density at radius 3 is 2.24 bits per heavy atom. The van der Waals surface area contributed by atoms with Crippen molar-refractivity contribution in [3.8, 4) is 11.5 Å². The van der Waals surface area contributed by atoms with Crippen molar-refractivity contribution in [1.82, 2.24) is 0 Å². The van der Waals surface area contributed by atoms with Gasteiger partial charge in [0, 0.05) is 4.90 Å². The van der Waals surface area contributed by atoms with Crippen molar-refractivity contribution in [3.63, 3.8) is 0 Å². The first kappa shape index (κ1) is 21.4.